The van der Waals surface area contributed by atoms with Crippen LogP contribution in [-0.2, 0) is 179 Å². The van der Waals surface area contributed by atoms with Crippen LogP contribution in [0.4, 0.5) is 4.79 Å². The molecule has 7 heterocycles. The van der Waals surface area contributed by atoms with E-state index in [-0.39, 0.29) is 79.7 Å². The summed E-state index contributed by atoms with van der Waals surface area (Å²) in [5, 5.41) is 82.0. The van der Waals surface area contributed by atoms with Gasteiger partial charge in [0, 0.05) is 86.1 Å². The zero-order chi connectivity index (χ0) is 82.2. The summed E-state index contributed by atoms with van der Waals surface area (Å²) < 4.78 is 245. The third-order valence-corrected chi connectivity index (χ3v) is 22.3. The van der Waals surface area contributed by atoms with Gasteiger partial charge < -0.3 is 146 Å². The van der Waals surface area contributed by atoms with Crippen LogP contribution >= 0.6 is 48.7 Å². The Balaban J connectivity index is 1.14. The average molecular weight is 1760 g/mol. The fraction of sp³-hybridized carbons (Fsp3) is 0.907. The summed E-state index contributed by atoms with van der Waals surface area (Å²) in [6.45, 7) is -1.98. The van der Waals surface area contributed by atoms with Gasteiger partial charge in [0.05, 0.1) is 56.1 Å². The second kappa shape index (κ2) is 46.6. The lowest BCUT2D eigenvalue weighted by atomic mass is 9.88. The van der Waals surface area contributed by atoms with Crippen LogP contribution in [0.25, 0.3) is 0 Å². The van der Waals surface area contributed by atoms with Gasteiger partial charge >= 0.3 is 6.03 Å². The first-order chi connectivity index (χ1) is 53.3. The molecule has 58 heteroatoms. The molecule has 112 heavy (non-hydrogen) atoms. The summed E-state index contributed by atoms with van der Waals surface area (Å²) in [4.78, 5) is 65.3. The topological polar surface area (TPSA) is 679 Å². The van der Waals surface area contributed by atoms with E-state index in [1.165, 1.54) is 14.0 Å². The number of nitrogens with one attached hydrogen (secondary N) is 4. The maximum Gasteiger partial charge on any atom is 0.315 e. The molecular formula is C54H82N4O47S7-8. The van der Waals surface area contributed by atoms with Crippen molar-refractivity contribution in [2.45, 2.75) is 223 Å². The van der Waals surface area contributed by atoms with Gasteiger partial charge in [-0.25, -0.2) is 30.0 Å². The minimum atomic E-state index is -5.85. The van der Waals surface area contributed by atoms with Crippen molar-refractivity contribution < 1.29 is 218 Å². The molecule has 51 nitrogen and oxygen atoms in total. The lowest BCUT2D eigenvalue weighted by Crippen LogP contribution is -2.70. The van der Waals surface area contributed by atoms with Crippen molar-refractivity contribution in [3.8, 4) is 0 Å². The van der Waals surface area contributed by atoms with Crippen LogP contribution < -0.4 is 47.3 Å². The molecule has 0 aliphatic carbocycles. The largest absolute Gasteiger partial charge is 0.726 e. The normalized spacial score (nSPS) is 35.9. The smallest absolute Gasteiger partial charge is 0.315 e. The molecule has 7 aliphatic heterocycles. The predicted octanol–water partition coefficient (Wildman–Crippen LogP) is -9.14. The number of carbonyl (C=O) groups excluding carboxylic acids is 5. The Morgan fingerprint density at radius 3 is 1.38 bits per heavy atom. The van der Waals surface area contributed by atoms with Gasteiger partial charge in [-0.05, 0) is 25.7 Å². The maximum absolute atomic E-state index is 13.9. The highest BCUT2D eigenvalue weighted by Crippen LogP contribution is 2.43. The molecule has 650 valence electrons. The zero-order valence-electron chi connectivity index (χ0n) is 59.9. The lowest BCUT2D eigenvalue weighted by Gasteiger charge is -2.52. The number of carboxylic acids is 2. The quantitative estimate of drug-likeness (QED) is 0.00836. The van der Waals surface area contributed by atoms with E-state index in [2.05, 4.69) is 61.9 Å². The van der Waals surface area contributed by atoms with E-state index >= 15 is 0 Å². The first kappa shape index (κ1) is 96.2. The molecule has 0 bridgehead atoms. The number of carboxylic acid groups (broad SMARTS) is 2. The summed E-state index contributed by atoms with van der Waals surface area (Å²) in [6.07, 6.45) is -42.8. The van der Waals surface area contributed by atoms with Gasteiger partial charge in [0.1, 0.15) is 91.5 Å². The van der Waals surface area contributed by atoms with Crippen LogP contribution in [0.5, 0.6) is 0 Å². The van der Waals surface area contributed by atoms with Gasteiger partial charge in [0.15, 0.2) is 80.6 Å². The van der Waals surface area contributed by atoms with E-state index in [1.54, 1.807) is 11.8 Å². The first-order valence-corrected chi connectivity index (χ1v) is 40.3. The molecule has 28 atom stereocenters. The van der Waals surface area contributed by atoms with Crippen molar-refractivity contribution in [1.82, 2.24) is 21.3 Å². The molecular weight excluding hydrogens is 1680 g/mol. The van der Waals surface area contributed by atoms with Crippen LogP contribution in [0.15, 0.2) is 0 Å². The van der Waals surface area contributed by atoms with E-state index in [0.29, 0.717) is 19.3 Å². The molecule has 0 saturated carbocycles. The summed E-state index contributed by atoms with van der Waals surface area (Å²) in [5.41, 5.74) is 0. The minimum Gasteiger partial charge on any atom is -0.726 e. The Bertz CT molecular complexity index is 3270. The number of fused-ring (bicyclic) bond motifs is 1. The third kappa shape index (κ3) is 27.5. The number of aliphatic carboxylic acids is 2. The second-order valence-corrected chi connectivity index (χ2v) is 30.6. The molecule has 0 aromatic rings. The lowest BCUT2D eigenvalue weighted by molar-refractivity contribution is -0.778. The molecule has 0 aromatic carbocycles. The van der Waals surface area contributed by atoms with Crippen molar-refractivity contribution in [2.24, 2.45) is 5.92 Å². The van der Waals surface area contributed by atoms with Crippen molar-refractivity contribution in [3.05, 3.63) is 0 Å². The fourth-order valence-electron chi connectivity index (χ4n) is 13.4. The molecule has 4 amide bonds. The second-order valence-electron chi connectivity index (χ2n) is 24.8. The molecule has 0 spiro atoms. The van der Waals surface area contributed by atoms with Crippen molar-refractivity contribution in [1.29, 1.82) is 0 Å². The molecule has 0 aromatic heterocycles. The molecule has 4 N–H and O–H groups in total. The van der Waals surface area contributed by atoms with Gasteiger partial charge in [-0.3, -0.25) is 49.8 Å². The van der Waals surface area contributed by atoms with Gasteiger partial charge in [-0.15, -0.1) is 13.0 Å². The van der Waals surface area contributed by atoms with E-state index in [4.69, 9.17) is 88.3 Å². The number of hydrogen-bond donors (Lipinski definition) is 4. The van der Waals surface area contributed by atoms with Gasteiger partial charge in [-0.1, -0.05) is 19.8 Å². The summed E-state index contributed by atoms with van der Waals surface area (Å²) in [5.74, 6) is -5.38. The van der Waals surface area contributed by atoms with Crippen LogP contribution in [0.2, 0.25) is 0 Å². The molecule has 14 unspecified atom stereocenters. The highest BCUT2D eigenvalue weighted by molar-refractivity contribution is 8.00. The van der Waals surface area contributed by atoms with Crippen LogP contribution in [-0.4, -0.2) is 315 Å². The van der Waals surface area contributed by atoms with Crippen LogP contribution in [0, 0.1) is 5.92 Å². The molecule has 0 radical (unpaired) electrons. The molecule has 7 saturated heterocycles. The number of ether oxygens (including phenoxy) is 16. The number of urea groups is 1. The van der Waals surface area contributed by atoms with Gasteiger partial charge in [-0.2, -0.15) is 11.8 Å². The number of amides is 4. The Morgan fingerprint density at radius 1 is 0.482 bits per heavy atom. The minimum absolute atomic E-state index is 0.0414. The zero-order valence-corrected chi connectivity index (χ0v) is 65.6. The first-order valence-electron chi connectivity index (χ1n) is 33.2. The van der Waals surface area contributed by atoms with E-state index in [0.717, 1.165) is 61.3 Å². The number of rotatable bonds is 50. The Labute approximate surface area is 656 Å². The van der Waals surface area contributed by atoms with Crippen molar-refractivity contribution in [2.75, 3.05) is 81.9 Å². The highest BCUT2D eigenvalue weighted by Gasteiger charge is 2.60. The highest BCUT2D eigenvalue weighted by atomic mass is 32.3. The number of hydrogen-bond acceptors (Lipinski definition) is 51. The number of unbranched alkanes of at least 4 members (excludes halogenated alkanes) is 3. The molecule has 7 rings (SSSR count). The van der Waals surface area contributed by atoms with Crippen LogP contribution in [0.3, 0.4) is 0 Å². The summed E-state index contributed by atoms with van der Waals surface area (Å²) >= 11 is 0.900. The van der Waals surface area contributed by atoms with Gasteiger partial charge in [0.2, 0.25) is 43.0 Å². The molecule has 7 fully saturated rings. The molecule has 7 aliphatic rings. The van der Waals surface area contributed by atoms with Gasteiger partial charge in [0.25, 0.3) is 0 Å². The Hall–Kier alpha value is -2.96. The van der Waals surface area contributed by atoms with Crippen molar-refractivity contribution >= 4 is 110 Å². The maximum atomic E-state index is 13.9. The summed E-state index contributed by atoms with van der Waals surface area (Å²) in [6, 6.07) is -1.55. The average Bonchev–Trinajstić information content (AvgIpc) is 0.887. The monoisotopic (exact) mass is 1760 g/mol. The standard InChI is InChI=1S/C54H90N4O47S7/c1-22-24(18-85-110(69,70)71)88-49(31(32(22)78-2)57-29(60)16-10-9-13-17-55-28(59)15-12-11-14-27-30-23(21-106-27)56-54(65)58-30)93-38-36(80-4)43(82-6)52(95-41(38)47(61)62)92-34-26(20-87-112(75,76)77)90-53(46(99-109-105-102-68)40(34)97-107-103-100-66)94-39-37(81-5)44(83-7)51(96-42(39)48(63)64)91-33-25(19-86-111(72,73)74)89-50(84-8)45(35(33)79-3)98-108-104-101-67/h22-27,30-46,49-53,66-68H,9-21H2,1-8H3,(H,55,59)(H,57,60)(H,61,62)(H,63,64)(H2,56,58,65)(H,69,70,71)(H,72,73,74)(H,75,76,77)/p-8/t22-,23?,24?,25?,26?,27?,30?,31?,32-,33-,34+,35-,36-,37?,38+,39-,40?,41?,42+,43?,44?,45?,46?,49-,50+,51-,52+,53+/m0/s1. The Morgan fingerprint density at radius 2 is 0.902 bits per heavy atom. The van der Waals surface area contributed by atoms with Crippen LogP contribution in [0.1, 0.15) is 58.3 Å². The Kier molecular flexibility index (Phi) is 40.0. The number of methoxy groups -OCH3 is 7. The summed E-state index contributed by atoms with van der Waals surface area (Å²) in [7, 11) is -9.66. The van der Waals surface area contributed by atoms with E-state index < -0.39 is 234 Å². The number of thioether (sulfide) groups is 1. The fourth-order valence-corrected chi connectivity index (χ4v) is 16.9. The SMILES string of the molecule is COC1C(OC)[C@H](O[C@H]2OC(COS(=O)(=O)[O-])[C@@H](O[C@@H]3OC(C(=O)[O-])[C@H](O[C@@H]4OC(COS(=O)(=O)[O-])[C@H](C)[C@H](OC)C4NC(=O)CCCCCNC(=O)CCCCC4SCC5NC(=O)NC54)[C@H](OC)C3OC)C(OSOO[O-])C2OSOO[O-])[C@H](C(=O)[O-])O[C@@H]1O[C@H]1C(COS(=O)(=O)[O-])O[C@@H](OC)C(OSOO[O-])[C@H]1OC. The van der Waals surface area contributed by atoms with Crippen molar-refractivity contribution in [3.63, 3.8) is 0 Å². The van der Waals surface area contributed by atoms with E-state index in [9.17, 15) is 88.9 Å². The van der Waals surface area contributed by atoms with E-state index in [1.807, 2.05) is 0 Å². The predicted molar refractivity (Wildman–Crippen MR) is 342 cm³/mol. The third-order valence-electron chi connectivity index (χ3n) is 18.3. The number of carbonyl (C=O) groups is 5.